The number of urea groups is 1. The van der Waals surface area contributed by atoms with Crippen molar-refractivity contribution in [3.05, 3.63) is 30.1 Å². The van der Waals surface area contributed by atoms with E-state index in [4.69, 9.17) is 9.47 Å². The predicted molar refractivity (Wildman–Crippen MR) is 88.1 cm³/mol. The molecule has 2 heterocycles. The van der Waals surface area contributed by atoms with Crippen LogP contribution in [0.3, 0.4) is 0 Å². The van der Waals surface area contributed by atoms with Gasteiger partial charge >= 0.3 is 6.03 Å². The largest absolute Gasteiger partial charge is 0.497 e. The van der Waals surface area contributed by atoms with Crippen molar-refractivity contribution in [3.63, 3.8) is 0 Å². The third-order valence-electron chi connectivity index (χ3n) is 3.70. The van der Waals surface area contributed by atoms with E-state index in [1.165, 1.54) is 11.0 Å². The van der Waals surface area contributed by atoms with Gasteiger partial charge < -0.3 is 14.4 Å². The first-order valence-corrected chi connectivity index (χ1v) is 7.64. The van der Waals surface area contributed by atoms with Crippen molar-refractivity contribution in [2.75, 3.05) is 19.0 Å². The van der Waals surface area contributed by atoms with Gasteiger partial charge in [0.25, 0.3) is 0 Å². The lowest BCUT2D eigenvalue weighted by molar-refractivity contribution is 0.0832. The molecule has 128 valence electrons. The second kappa shape index (κ2) is 6.03. The molecule has 2 amide bonds. The molecular weight excluding hydrogens is 310 g/mol. The number of anilines is 1. The van der Waals surface area contributed by atoms with Crippen LogP contribution in [0.5, 0.6) is 11.5 Å². The van der Waals surface area contributed by atoms with Crippen molar-refractivity contribution in [1.29, 1.82) is 0 Å². The van der Waals surface area contributed by atoms with Crippen molar-refractivity contribution in [3.8, 4) is 11.5 Å². The molecule has 0 radical (unpaired) electrons. The number of hydrogen-bond donors (Lipinski definition) is 1. The third-order valence-corrected chi connectivity index (χ3v) is 3.70. The monoisotopic (exact) mass is 331 g/mol. The minimum atomic E-state index is -0.535. The number of rotatable bonds is 2. The summed E-state index contributed by atoms with van der Waals surface area (Å²) < 4.78 is 12.9. The van der Waals surface area contributed by atoms with Crippen LogP contribution in [-0.4, -0.2) is 45.0 Å². The minimum absolute atomic E-state index is 0.262. The third kappa shape index (κ3) is 3.42. The van der Waals surface area contributed by atoms with Gasteiger partial charge in [0.05, 0.1) is 20.2 Å². The zero-order valence-corrected chi connectivity index (χ0v) is 14.2. The molecule has 1 aliphatic rings. The second-order valence-electron chi connectivity index (χ2n) is 6.36. The first-order valence-electron chi connectivity index (χ1n) is 7.64. The van der Waals surface area contributed by atoms with Crippen LogP contribution in [0.4, 0.5) is 10.7 Å². The minimum Gasteiger partial charge on any atom is -0.497 e. The van der Waals surface area contributed by atoms with Crippen LogP contribution < -0.4 is 14.8 Å². The van der Waals surface area contributed by atoms with Crippen molar-refractivity contribution in [1.82, 2.24) is 19.7 Å². The van der Waals surface area contributed by atoms with Gasteiger partial charge in [0.2, 0.25) is 5.95 Å². The summed E-state index contributed by atoms with van der Waals surface area (Å²) in [6, 6.07) is 5.35. The lowest BCUT2D eigenvalue weighted by atomic mass is 10.1. The Bertz CT molecular complexity index is 756. The average Bonchev–Trinajstić information content (AvgIpc) is 2.85. The van der Waals surface area contributed by atoms with E-state index in [0.29, 0.717) is 13.1 Å². The highest BCUT2D eigenvalue weighted by Gasteiger charge is 2.32. The summed E-state index contributed by atoms with van der Waals surface area (Å²) in [4.78, 5) is 18.3. The quantitative estimate of drug-likeness (QED) is 0.910. The molecule has 2 aromatic rings. The Kier molecular flexibility index (Phi) is 4.04. The standard InChI is InChI=1S/C16H21N5O3/c1-16(2)9-21(15(22)18-14-17-10-20(3)19-14)8-11-5-6-12(23-4)7-13(11)24-16/h5-7,10H,8-9H2,1-4H3,(H,18,19,22). The van der Waals surface area contributed by atoms with Crippen LogP contribution in [0.2, 0.25) is 0 Å². The first kappa shape index (κ1) is 16.1. The summed E-state index contributed by atoms with van der Waals surface area (Å²) in [5.74, 6) is 1.73. The molecule has 1 aromatic carbocycles. The molecule has 0 aliphatic carbocycles. The van der Waals surface area contributed by atoms with E-state index in [2.05, 4.69) is 15.4 Å². The number of carbonyl (C=O) groups excluding carboxylic acids is 1. The summed E-state index contributed by atoms with van der Waals surface area (Å²) in [7, 11) is 3.36. The van der Waals surface area contributed by atoms with Crippen LogP contribution in [0, 0.1) is 0 Å². The maximum atomic E-state index is 12.6. The normalized spacial score (nSPS) is 15.9. The Hall–Kier alpha value is -2.77. The Morgan fingerprint density at radius 1 is 1.42 bits per heavy atom. The van der Waals surface area contributed by atoms with E-state index < -0.39 is 5.60 Å². The van der Waals surface area contributed by atoms with Gasteiger partial charge in [0, 0.05) is 18.7 Å². The summed E-state index contributed by atoms with van der Waals surface area (Å²) >= 11 is 0. The van der Waals surface area contributed by atoms with Gasteiger partial charge in [-0.25, -0.2) is 9.78 Å². The maximum Gasteiger partial charge on any atom is 0.324 e. The molecule has 0 atom stereocenters. The van der Waals surface area contributed by atoms with Gasteiger partial charge in [-0.2, -0.15) is 0 Å². The molecule has 0 unspecified atom stereocenters. The number of aryl methyl sites for hydroxylation is 1. The number of nitrogens with one attached hydrogen (secondary N) is 1. The smallest absolute Gasteiger partial charge is 0.324 e. The number of methoxy groups -OCH3 is 1. The Morgan fingerprint density at radius 3 is 2.88 bits per heavy atom. The van der Waals surface area contributed by atoms with E-state index in [-0.39, 0.29) is 12.0 Å². The van der Waals surface area contributed by atoms with E-state index in [1.807, 2.05) is 32.0 Å². The number of carbonyl (C=O) groups is 1. The zero-order chi connectivity index (χ0) is 17.3. The van der Waals surface area contributed by atoms with Gasteiger partial charge in [-0.3, -0.25) is 10.00 Å². The summed E-state index contributed by atoms with van der Waals surface area (Å²) in [5, 5.41) is 6.79. The second-order valence-corrected chi connectivity index (χ2v) is 6.36. The van der Waals surface area contributed by atoms with Gasteiger partial charge in [0.1, 0.15) is 23.4 Å². The molecule has 1 N–H and O–H groups in total. The Morgan fingerprint density at radius 2 is 2.21 bits per heavy atom. The van der Waals surface area contributed by atoms with Crippen molar-refractivity contribution < 1.29 is 14.3 Å². The fourth-order valence-electron chi connectivity index (χ4n) is 2.65. The first-order chi connectivity index (χ1) is 11.4. The molecule has 0 bridgehead atoms. The number of benzene rings is 1. The summed E-state index contributed by atoms with van der Waals surface area (Å²) in [6.07, 6.45) is 1.53. The van der Waals surface area contributed by atoms with Crippen LogP contribution in [0.15, 0.2) is 24.5 Å². The zero-order valence-electron chi connectivity index (χ0n) is 14.2. The molecule has 0 saturated heterocycles. The molecule has 8 nitrogen and oxygen atoms in total. The lowest BCUT2D eigenvalue weighted by Gasteiger charge is -2.29. The lowest BCUT2D eigenvalue weighted by Crippen LogP contribution is -2.45. The van der Waals surface area contributed by atoms with Crippen LogP contribution >= 0.6 is 0 Å². The highest BCUT2D eigenvalue weighted by molar-refractivity contribution is 5.87. The van der Waals surface area contributed by atoms with Crippen molar-refractivity contribution in [2.45, 2.75) is 26.0 Å². The molecule has 1 aromatic heterocycles. The fraction of sp³-hybridized carbons (Fsp3) is 0.438. The van der Waals surface area contributed by atoms with E-state index in [1.54, 1.807) is 19.1 Å². The number of nitrogens with zero attached hydrogens (tertiary/aromatic N) is 4. The Balaban J connectivity index is 1.84. The molecule has 24 heavy (non-hydrogen) atoms. The molecular formula is C16H21N5O3. The van der Waals surface area contributed by atoms with Gasteiger partial charge in [-0.15, -0.1) is 5.10 Å². The van der Waals surface area contributed by atoms with Crippen LogP contribution in [0.25, 0.3) is 0 Å². The van der Waals surface area contributed by atoms with Gasteiger partial charge in [-0.1, -0.05) is 0 Å². The molecule has 3 rings (SSSR count). The highest BCUT2D eigenvalue weighted by atomic mass is 16.5. The fourth-order valence-corrected chi connectivity index (χ4v) is 2.65. The number of amides is 2. The number of aromatic nitrogens is 3. The Labute approximate surface area is 140 Å². The van der Waals surface area contributed by atoms with Gasteiger partial charge in [-0.05, 0) is 26.0 Å². The highest BCUT2D eigenvalue weighted by Crippen LogP contribution is 2.32. The average molecular weight is 331 g/mol. The SMILES string of the molecule is COc1ccc2c(c1)OC(C)(C)CN(C(=O)Nc1ncn(C)n1)C2. The van der Waals surface area contributed by atoms with Crippen LogP contribution in [-0.2, 0) is 13.6 Å². The summed E-state index contributed by atoms with van der Waals surface area (Å²) in [5.41, 5.74) is 0.387. The van der Waals surface area contributed by atoms with Gasteiger partial charge in [0.15, 0.2) is 0 Å². The molecule has 0 spiro atoms. The van der Waals surface area contributed by atoms with Crippen molar-refractivity contribution >= 4 is 12.0 Å². The number of ether oxygens (including phenoxy) is 2. The predicted octanol–water partition coefficient (Wildman–Crippen LogP) is 2.03. The molecule has 0 saturated carbocycles. The van der Waals surface area contributed by atoms with Crippen molar-refractivity contribution in [2.24, 2.45) is 7.05 Å². The van der Waals surface area contributed by atoms with E-state index >= 15 is 0 Å². The molecule has 0 fully saturated rings. The molecule has 8 heteroatoms. The molecule has 1 aliphatic heterocycles. The summed E-state index contributed by atoms with van der Waals surface area (Å²) in [6.45, 7) is 4.76. The van der Waals surface area contributed by atoms with Crippen LogP contribution in [0.1, 0.15) is 19.4 Å². The van der Waals surface area contributed by atoms with E-state index in [9.17, 15) is 4.79 Å². The number of hydrogen-bond acceptors (Lipinski definition) is 5. The van der Waals surface area contributed by atoms with E-state index in [0.717, 1.165) is 17.1 Å². The topological polar surface area (TPSA) is 81.5 Å². The maximum absolute atomic E-state index is 12.6. The number of fused-ring (bicyclic) bond motifs is 1.